The number of pyridine rings is 1. The summed E-state index contributed by atoms with van der Waals surface area (Å²) >= 11 is 0. The summed E-state index contributed by atoms with van der Waals surface area (Å²) in [5.74, 6) is -1.68. The van der Waals surface area contributed by atoms with Gasteiger partial charge < -0.3 is 25.0 Å². The predicted octanol–water partition coefficient (Wildman–Crippen LogP) is 1.55. The van der Waals surface area contributed by atoms with Gasteiger partial charge in [0, 0.05) is 24.7 Å². The molecule has 5 atom stereocenters. The number of hydrogen-bond donors (Lipinski definition) is 3. The molecule has 234 valence electrons. The first kappa shape index (κ1) is 30.8. The summed E-state index contributed by atoms with van der Waals surface area (Å²) in [5, 5.41) is 4.89. The molecule has 43 heavy (non-hydrogen) atoms. The Kier molecular flexibility index (Phi) is 9.23. The lowest BCUT2D eigenvalue weighted by molar-refractivity contribution is -0.141. The van der Waals surface area contributed by atoms with Crippen molar-refractivity contribution in [3.8, 4) is 5.75 Å². The Morgan fingerprint density at radius 1 is 1.14 bits per heavy atom. The van der Waals surface area contributed by atoms with Crippen LogP contribution in [-0.2, 0) is 29.1 Å². The highest BCUT2D eigenvalue weighted by Gasteiger charge is 2.62. The maximum absolute atomic E-state index is 14.0. The van der Waals surface area contributed by atoms with E-state index >= 15 is 0 Å². The molecule has 1 aromatic rings. The van der Waals surface area contributed by atoms with Crippen LogP contribution >= 0.6 is 0 Å². The predicted molar refractivity (Wildman–Crippen MR) is 154 cm³/mol. The van der Waals surface area contributed by atoms with Crippen molar-refractivity contribution < 1.29 is 37.1 Å². The van der Waals surface area contributed by atoms with Crippen molar-refractivity contribution in [1.82, 2.24) is 25.2 Å². The Hall–Kier alpha value is -3.68. The Morgan fingerprint density at radius 3 is 2.63 bits per heavy atom. The van der Waals surface area contributed by atoms with Gasteiger partial charge in [-0.1, -0.05) is 25.0 Å². The van der Waals surface area contributed by atoms with Gasteiger partial charge in [-0.3, -0.25) is 24.1 Å². The molecule has 5 rings (SSSR count). The number of alkyl carbamates (subject to hydrolysis) is 1. The summed E-state index contributed by atoms with van der Waals surface area (Å²) in [6.45, 7) is 1.87. The molecule has 4 aliphatic rings. The lowest BCUT2D eigenvalue weighted by Crippen LogP contribution is -2.58. The number of carbonyl (C=O) groups excluding carboxylic acids is 4. The molecule has 13 nitrogen and oxygen atoms in total. The van der Waals surface area contributed by atoms with Gasteiger partial charge in [0.25, 0.3) is 5.91 Å². The minimum atomic E-state index is -3.84. The molecule has 0 unspecified atom stereocenters. The minimum Gasteiger partial charge on any atom is -0.488 e. The summed E-state index contributed by atoms with van der Waals surface area (Å²) < 4.78 is 38.6. The third-order valence-corrected chi connectivity index (χ3v) is 10.2. The number of nitrogens with one attached hydrogen (secondary N) is 3. The number of allylic oxidation sites excluding steroid dienone is 1. The second-order valence-corrected chi connectivity index (χ2v) is 13.6. The van der Waals surface area contributed by atoms with Crippen molar-refractivity contribution in [2.75, 3.05) is 13.2 Å². The standard InChI is InChI=1S/C29H39N5O8S/c1-2-41-28(38)31-23-9-7-5-3-4-6-8-19-17-29(19,27(37)33-43(39,40)22-10-11-22)32-25(35)24-16-21(18-34(24)26(23)36)42-20-12-14-30-15-13-20/h6,8,12-15,19,21-24H,2-5,7,9-11,16-18H2,1H3,(H,31,38)(H,32,35)(H,33,37)/b8-6-/t19-,21-,23+,24+,29-/m1/s1. The van der Waals surface area contributed by atoms with Crippen LogP contribution in [0.4, 0.5) is 4.79 Å². The average Bonchev–Trinajstić information content (AvgIpc) is 3.89. The largest absolute Gasteiger partial charge is 0.488 e. The first-order valence-electron chi connectivity index (χ1n) is 15.0. The SMILES string of the molecule is CCOC(=O)N[C@H]1CCCCC/C=C\[C@@H]2C[C@@]2(C(=O)NS(=O)(=O)C2CC2)NC(=O)[C@@H]2C[C@@H](Oc3ccncc3)CN2C1=O. The van der Waals surface area contributed by atoms with Crippen molar-refractivity contribution in [2.24, 2.45) is 5.92 Å². The molecule has 0 radical (unpaired) electrons. The molecule has 0 spiro atoms. The van der Waals surface area contributed by atoms with Crippen LogP contribution in [0.3, 0.4) is 0 Å². The Labute approximate surface area is 251 Å². The Morgan fingerprint density at radius 2 is 1.91 bits per heavy atom. The van der Waals surface area contributed by atoms with Crippen LogP contribution < -0.4 is 20.1 Å². The van der Waals surface area contributed by atoms with Gasteiger partial charge in [-0.15, -0.1) is 0 Å². The van der Waals surface area contributed by atoms with Crippen LogP contribution in [0.15, 0.2) is 36.7 Å². The number of aromatic nitrogens is 1. The molecule has 3 fully saturated rings. The number of nitrogens with zero attached hydrogens (tertiary/aromatic N) is 2. The normalized spacial score (nSPS) is 30.4. The molecule has 2 aliphatic heterocycles. The summed E-state index contributed by atoms with van der Waals surface area (Å²) in [7, 11) is -3.84. The molecule has 1 aromatic heterocycles. The fraction of sp³-hybridized carbons (Fsp3) is 0.621. The van der Waals surface area contributed by atoms with Crippen LogP contribution in [0.25, 0.3) is 0 Å². The third-order valence-electron chi connectivity index (χ3n) is 8.36. The Bertz CT molecular complexity index is 1350. The van der Waals surface area contributed by atoms with E-state index < -0.39 is 62.8 Å². The number of fused-ring (bicyclic) bond motifs is 2. The van der Waals surface area contributed by atoms with E-state index in [1.165, 1.54) is 4.90 Å². The fourth-order valence-corrected chi connectivity index (χ4v) is 7.14. The highest BCUT2D eigenvalue weighted by Crippen LogP contribution is 2.46. The lowest BCUT2D eigenvalue weighted by Gasteiger charge is -2.29. The van der Waals surface area contributed by atoms with Crippen LogP contribution in [-0.4, -0.2) is 84.2 Å². The topological polar surface area (TPSA) is 173 Å². The quantitative estimate of drug-likeness (QED) is 0.384. The highest BCUT2D eigenvalue weighted by atomic mass is 32.2. The average molecular weight is 618 g/mol. The van der Waals surface area contributed by atoms with Crippen LogP contribution in [0.1, 0.15) is 64.7 Å². The van der Waals surface area contributed by atoms with Crippen molar-refractivity contribution >= 4 is 33.8 Å². The number of amides is 4. The molecule has 3 N–H and O–H groups in total. The molecule has 2 aliphatic carbocycles. The van der Waals surface area contributed by atoms with Crippen molar-refractivity contribution in [3.05, 3.63) is 36.7 Å². The van der Waals surface area contributed by atoms with E-state index in [9.17, 15) is 27.6 Å². The number of rotatable bonds is 7. The summed E-state index contributed by atoms with van der Waals surface area (Å²) in [6.07, 6.45) is 10.4. The zero-order valence-electron chi connectivity index (χ0n) is 24.2. The van der Waals surface area contributed by atoms with Crippen molar-refractivity contribution in [2.45, 2.75) is 93.7 Å². The lowest BCUT2D eigenvalue weighted by atomic mass is 10.1. The molecule has 0 aromatic carbocycles. The smallest absolute Gasteiger partial charge is 0.407 e. The molecule has 14 heteroatoms. The van der Waals surface area contributed by atoms with E-state index in [1.54, 1.807) is 31.5 Å². The van der Waals surface area contributed by atoms with Gasteiger partial charge in [-0.05, 0) is 57.6 Å². The Balaban J connectivity index is 1.42. The number of carbonyl (C=O) groups is 4. The van der Waals surface area contributed by atoms with E-state index in [-0.39, 0.29) is 31.9 Å². The first-order valence-corrected chi connectivity index (χ1v) is 16.5. The van der Waals surface area contributed by atoms with Crippen LogP contribution in [0.5, 0.6) is 5.75 Å². The molecule has 2 saturated carbocycles. The fourth-order valence-electron chi connectivity index (χ4n) is 5.77. The van der Waals surface area contributed by atoms with Gasteiger partial charge >= 0.3 is 6.09 Å². The van der Waals surface area contributed by atoms with E-state index in [1.807, 2.05) is 12.2 Å². The zero-order chi connectivity index (χ0) is 30.6. The van der Waals surface area contributed by atoms with Gasteiger partial charge in [0.05, 0.1) is 18.4 Å². The summed E-state index contributed by atoms with van der Waals surface area (Å²) in [4.78, 5) is 59.1. The van der Waals surface area contributed by atoms with Crippen molar-refractivity contribution in [1.29, 1.82) is 0 Å². The third kappa shape index (κ3) is 7.28. The van der Waals surface area contributed by atoms with Gasteiger partial charge in [0.1, 0.15) is 29.5 Å². The minimum absolute atomic E-state index is 0.0683. The number of sulfonamides is 1. The number of ether oxygens (including phenoxy) is 2. The van der Waals surface area contributed by atoms with Crippen molar-refractivity contribution in [3.63, 3.8) is 0 Å². The maximum atomic E-state index is 14.0. The molecule has 1 saturated heterocycles. The second-order valence-electron chi connectivity index (χ2n) is 11.6. The molecule has 4 amide bonds. The van der Waals surface area contributed by atoms with E-state index in [2.05, 4.69) is 20.3 Å². The molecule has 3 heterocycles. The molecular formula is C29H39N5O8S. The van der Waals surface area contributed by atoms with Crippen LogP contribution in [0.2, 0.25) is 0 Å². The zero-order valence-corrected chi connectivity index (χ0v) is 25.0. The molecular weight excluding hydrogens is 578 g/mol. The van der Waals surface area contributed by atoms with Gasteiger partial charge in [0.2, 0.25) is 21.8 Å². The van der Waals surface area contributed by atoms with Gasteiger partial charge in [0.15, 0.2) is 0 Å². The summed E-state index contributed by atoms with van der Waals surface area (Å²) in [6, 6.07) is 1.39. The van der Waals surface area contributed by atoms with Crippen LogP contribution in [0, 0.1) is 5.92 Å². The monoisotopic (exact) mass is 617 g/mol. The first-order chi connectivity index (χ1) is 20.6. The summed E-state index contributed by atoms with van der Waals surface area (Å²) in [5.41, 5.74) is -1.45. The van der Waals surface area contributed by atoms with Gasteiger partial charge in [-0.2, -0.15) is 0 Å². The van der Waals surface area contributed by atoms with Gasteiger partial charge in [-0.25, -0.2) is 13.2 Å². The highest BCUT2D eigenvalue weighted by molar-refractivity contribution is 7.91. The van der Waals surface area contributed by atoms with E-state index in [0.717, 1.165) is 19.3 Å². The maximum Gasteiger partial charge on any atom is 0.407 e. The molecule has 0 bridgehead atoms. The van der Waals surface area contributed by atoms with E-state index in [0.29, 0.717) is 31.4 Å². The number of hydrogen-bond acceptors (Lipinski definition) is 9. The van der Waals surface area contributed by atoms with E-state index in [4.69, 9.17) is 9.47 Å². The second kappa shape index (κ2) is 12.9.